The number of benzene rings is 2. The molecule has 2 fully saturated rings. The number of hydrogen-bond donors (Lipinski definition) is 2. The average molecular weight is 412 g/mol. The van der Waals surface area contributed by atoms with Gasteiger partial charge < -0.3 is 10.6 Å². The summed E-state index contributed by atoms with van der Waals surface area (Å²) in [5.41, 5.74) is 1.53. The summed E-state index contributed by atoms with van der Waals surface area (Å²) >= 11 is 5.88. The van der Waals surface area contributed by atoms with Crippen LogP contribution in [0.1, 0.15) is 24.8 Å². The minimum atomic E-state index is -0.426. The summed E-state index contributed by atoms with van der Waals surface area (Å²) in [6, 6.07) is 15.5. The summed E-state index contributed by atoms with van der Waals surface area (Å²) in [6.07, 6.45) is 1.67. The lowest BCUT2D eigenvalue weighted by molar-refractivity contribution is -0.130. The number of amides is 4. The van der Waals surface area contributed by atoms with Crippen molar-refractivity contribution in [1.82, 2.24) is 10.6 Å². The van der Waals surface area contributed by atoms with Gasteiger partial charge in [-0.2, -0.15) is 0 Å². The first-order valence-corrected chi connectivity index (χ1v) is 10.1. The molecule has 150 valence electrons. The van der Waals surface area contributed by atoms with Crippen LogP contribution in [0.3, 0.4) is 0 Å². The first-order chi connectivity index (χ1) is 14.0. The number of rotatable bonds is 4. The molecule has 4 amide bonds. The van der Waals surface area contributed by atoms with Crippen LogP contribution in [-0.2, 0) is 16.1 Å². The maximum Gasteiger partial charge on any atom is 0.328 e. The highest BCUT2D eigenvalue weighted by molar-refractivity contribution is 6.30. The largest absolute Gasteiger partial charge is 0.352 e. The van der Waals surface area contributed by atoms with Crippen molar-refractivity contribution in [2.75, 3.05) is 4.90 Å². The Hall–Kier alpha value is -2.86. The molecule has 0 radical (unpaired) electrons. The van der Waals surface area contributed by atoms with Crippen LogP contribution in [0, 0.1) is 11.8 Å². The van der Waals surface area contributed by atoms with Gasteiger partial charge in [-0.25, -0.2) is 9.69 Å². The molecule has 0 spiro atoms. The maximum atomic E-state index is 12.9. The van der Waals surface area contributed by atoms with Crippen molar-refractivity contribution in [2.24, 2.45) is 11.8 Å². The number of hydrogen-bond acceptors (Lipinski definition) is 3. The number of fused-ring (bicyclic) bond motifs is 1. The fourth-order valence-corrected chi connectivity index (χ4v) is 4.24. The van der Waals surface area contributed by atoms with Crippen molar-refractivity contribution in [3.8, 4) is 0 Å². The van der Waals surface area contributed by atoms with E-state index in [-0.39, 0.29) is 29.7 Å². The second-order valence-electron chi connectivity index (χ2n) is 7.53. The van der Waals surface area contributed by atoms with Crippen molar-refractivity contribution >= 4 is 35.1 Å². The molecule has 1 aliphatic carbocycles. The highest BCUT2D eigenvalue weighted by Gasteiger charge is 2.45. The fourth-order valence-electron chi connectivity index (χ4n) is 4.11. The van der Waals surface area contributed by atoms with Crippen molar-refractivity contribution in [1.29, 1.82) is 0 Å². The molecule has 1 heterocycles. The van der Waals surface area contributed by atoms with Crippen LogP contribution >= 0.6 is 11.6 Å². The van der Waals surface area contributed by atoms with Crippen LogP contribution < -0.4 is 15.5 Å². The molecule has 2 N–H and O–H groups in total. The van der Waals surface area contributed by atoms with E-state index in [2.05, 4.69) is 10.6 Å². The number of anilines is 1. The van der Waals surface area contributed by atoms with Gasteiger partial charge in [-0.15, -0.1) is 0 Å². The number of halogens is 1. The van der Waals surface area contributed by atoms with E-state index >= 15 is 0 Å². The van der Waals surface area contributed by atoms with Crippen LogP contribution in [0.25, 0.3) is 0 Å². The van der Waals surface area contributed by atoms with E-state index in [4.69, 9.17) is 11.6 Å². The summed E-state index contributed by atoms with van der Waals surface area (Å²) in [7, 11) is 0. The zero-order valence-electron chi connectivity index (χ0n) is 15.8. The first kappa shape index (κ1) is 19.5. The van der Waals surface area contributed by atoms with E-state index < -0.39 is 6.03 Å². The van der Waals surface area contributed by atoms with E-state index in [1.807, 2.05) is 18.2 Å². The molecule has 1 saturated heterocycles. The van der Waals surface area contributed by atoms with Crippen LogP contribution in [0.5, 0.6) is 0 Å². The molecular formula is C22H22ClN3O3. The van der Waals surface area contributed by atoms with E-state index in [1.165, 1.54) is 4.90 Å². The summed E-state index contributed by atoms with van der Waals surface area (Å²) in [5.74, 6) is -0.760. The van der Waals surface area contributed by atoms with Gasteiger partial charge in [-0.3, -0.25) is 9.59 Å². The number of para-hydroxylation sites is 1. The average Bonchev–Trinajstić information content (AvgIpc) is 2.73. The minimum Gasteiger partial charge on any atom is -0.352 e. The van der Waals surface area contributed by atoms with Crippen molar-refractivity contribution in [2.45, 2.75) is 31.8 Å². The maximum absolute atomic E-state index is 12.9. The fraction of sp³-hybridized carbons (Fsp3) is 0.318. The van der Waals surface area contributed by atoms with Crippen LogP contribution in [0.2, 0.25) is 5.02 Å². The van der Waals surface area contributed by atoms with Crippen molar-refractivity contribution in [3.05, 3.63) is 65.2 Å². The van der Waals surface area contributed by atoms with Gasteiger partial charge in [0.05, 0.1) is 11.6 Å². The van der Waals surface area contributed by atoms with Gasteiger partial charge in [-0.05, 0) is 49.1 Å². The summed E-state index contributed by atoms with van der Waals surface area (Å²) in [6.45, 7) is 0.424. The van der Waals surface area contributed by atoms with Crippen molar-refractivity contribution in [3.63, 3.8) is 0 Å². The van der Waals surface area contributed by atoms with E-state index in [0.717, 1.165) is 5.56 Å². The minimum absolute atomic E-state index is 0.0504. The van der Waals surface area contributed by atoms with E-state index in [0.29, 0.717) is 36.5 Å². The zero-order valence-corrected chi connectivity index (χ0v) is 16.6. The molecule has 3 atom stereocenters. The molecule has 7 heteroatoms. The standard InChI is InChI=1S/C22H22ClN3O3/c23-16-9-6-14(7-10-16)13-24-20(27)15-8-11-18-19(12-15)25-22(29)26(21(18)28)17-4-2-1-3-5-17/h1-7,9-10,15,18-19H,8,11-13H2,(H,24,27)(H,25,29). The number of carbonyl (C=O) groups excluding carboxylic acids is 3. The van der Waals surface area contributed by atoms with Gasteiger partial charge in [0.1, 0.15) is 0 Å². The molecule has 1 aliphatic heterocycles. The first-order valence-electron chi connectivity index (χ1n) is 9.74. The monoisotopic (exact) mass is 411 g/mol. The Morgan fingerprint density at radius 3 is 2.52 bits per heavy atom. The summed E-state index contributed by atoms with van der Waals surface area (Å²) in [4.78, 5) is 39.3. The lowest BCUT2D eigenvalue weighted by Crippen LogP contribution is -2.62. The topological polar surface area (TPSA) is 78.5 Å². The second kappa shape index (κ2) is 8.25. The Bertz CT molecular complexity index is 917. The predicted octanol–water partition coefficient (Wildman–Crippen LogP) is 3.50. The molecule has 2 aromatic carbocycles. The normalized spacial score (nSPS) is 23.9. The molecule has 2 aliphatic rings. The summed E-state index contributed by atoms with van der Waals surface area (Å²) in [5, 5.41) is 6.54. The highest BCUT2D eigenvalue weighted by atomic mass is 35.5. The molecular weight excluding hydrogens is 390 g/mol. The number of carbonyl (C=O) groups is 3. The quantitative estimate of drug-likeness (QED) is 0.808. The third kappa shape index (κ3) is 4.12. The Morgan fingerprint density at radius 2 is 1.79 bits per heavy atom. The molecule has 29 heavy (non-hydrogen) atoms. The molecule has 0 aromatic heterocycles. The number of nitrogens with zero attached hydrogens (tertiary/aromatic N) is 1. The van der Waals surface area contributed by atoms with Crippen LogP contribution in [-0.4, -0.2) is 23.9 Å². The van der Waals surface area contributed by atoms with Crippen LogP contribution in [0.4, 0.5) is 10.5 Å². The van der Waals surface area contributed by atoms with Gasteiger partial charge in [0.2, 0.25) is 11.8 Å². The van der Waals surface area contributed by atoms with Gasteiger partial charge in [0, 0.05) is 23.5 Å². The molecule has 0 bridgehead atoms. The molecule has 1 saturated carbocycles. The second-order valence-corrected chi connectivity index (χ2v) is 7.96. The lowest BCUT2D eigenvalue weighted by atomic mass is 9.76. The van der Waals surface area contributed by atoms with Crippen LogP contribution in [0.15, 0.2) is 54.6 Å². The van der Waals surface area contributed by atoms with Gasteiger partial charge >= 0.3 is 6.03 Å². The van der Waals surface area contributed by atoms with E-state index in [9.17, 15) is 14.4 Å². The Kier molecular flexibility index (Phi) is 5.53. The van der Waals surface area contributed by atoms with Gasteiger partial charge in [0.15, 0.2) is 0 Å². The number of nitrogens with one attached hydrogen (secondary N) is 2. The van der Waals surface area contributed by atoms with E-state index in [1.54, 1.807) is 36.4 Å². The SMILES string of the molecule is O=C(NCc1ccc(Cl)cc1)C1CCC2C(=O)N(c3ccccc3)C(=O)NC2C1. The predicted molar refractivity (Wildman–Crippen MR) is 110 cm³/mol. The highest BCUT2D eigenvalue weighted by Crippen LogP contribution is 2.34. The molecule has 2 aromatic rings. The lowest BCUT2D eigenvalue weighted by Gasteiger charge is -2.41. The molecule has 4 rings (SSSR count). The third-order valence-electron chi connectivity index (χ3n) is 5.67. The third-order valence-corrected chi connectivity index (χ3v) is 5.92. The number of urea groups is 1. The number of imide groups is 1. The zero-order chi connectivity index (χ0) is 20.4. The Balaban J connectivity index is 1.38. The smallest absolute Gasteiger partial charge is 0.328 e. The Labute approximate surface area is 174 Å². The molecule has 6 nitrogen and oxygen atoms in total. The molecule has 3 unspecified atom stereocenters. The van der Waals surface area contributed by atoms with Gasteiger partial charge in [0.25, 0.3) is 0 Å². The van der Waals surface area contributed by atoms with Gasteiger partial charge in [-0.1, -0.05) is 41.9 Å². The van der Waals surface area contributed by atoms with Crippen molar-refractivity contribution < 1.29 is 14.4 Å². The summed E-state index contributed by atoms with van der Waals surface area (Å²) < 4.78 is 0. The Morgan fingerprint density at radius 1 is 1.07 bits per heavy atom.